The van der Waals surface area contributed by atoms with Gasteiger partial charge in [0.25, 0.3) is 5.91 Å². The average molecular weight is 324 g/mol. The van der Waals surface area contributed by atoms with Crippen LogP contribution < -0.4 is 10.1 Å². The van der Waals surface area contributed by atoms with Gasteiger partial charge in [0.15, 0.2) is 5.75 Å². The Kier molecular flexibility index (Phi) is 5.10. The zero-order valence-corrected chi connectivity index (χ0v) is 13.3. The van der Waals surface area contributed by atoms with Crippen LogP contribution in [0.1, 0.15) is 22.8 Å². The average Bonchev–Trinajstić information content (AvgIpc) is 2.47. The summed E-state index contributed by atoms with van der Waals surface area (Å²) in [6.45, 7) is 2.08. The Hall–Kier alpha value is -1.71. The number of hydrogen-bond acceptors (Lipinski definition) is 2. The highest BCUT2D eigenvalue weighted by molar-refractivity contribution is 6.37. The number of ether oxygens (including phenoxy) is 1. The first-order valence-corrected chi connectivity index (χ1v) is 7.24. The van der Waals surface area contributed by atoms with Crippen LogP contribution in [-0.4, -0.2) is 13.0 Å². The standard InChI is InChI=1S/C16H15Cl2NO2/c1-3-10-4-6-12(7-5-10)19-16(20)11-8-13(17)15(21-2)14(18)9-11/h4-9H,3H2,1-2H3,(H,19,20). The van der Waals surface area contributed by atoms with Gasteiger partial charge in [-0.2, -0.15) is 0 Å². The van der Waals surface area contributed by atoms with Crippen molar-refractivity contribution in [2.75, 3.05) is 12.4 Å². The SMILES string of the molecule is CCc1ccc(NC(=O)c2cc(Cl)c(OC)c(Cl)c2)cc1. The van der Waals surface area contributed by atoms with E-state index in [9.17, 15) is 4.79 Å². The van der Waals surface area contributed by atoms with Gasteiger partial charge in [-0.25, -0.2) is 0 Å². The van der Waals surface area contributed by atoms with Gasteiger partial charge in [0.05, 0.1) is 17.2 Å². The molecule has 0 aliphatic rings. The summed E-state index contributed by atoms with van der Waals surface area (Å²) in [5.74, 6) is 0.0906. The van der Waals surface area contributed by atoms with Crippen LogP contribution in [-0.2, 0) is 6.42 Å². The topological polar surface area (TPSA) is 38.3 Å². The van der Waals surface area contributed by atoms with E-state index in [1.165, 1.54) is 24.8 Å². The highest BCUT2D eigenvalue weighted by Gasteiger charge is 2.13. The second kappa shape index (κ2) is 6.83. The van der Waals surface area contributed by atoms with Crippen LogP contribution in [0.4, 0.5) is 5.69 Å². The number of rotatable bonds is 4. The molecular formula is C16H15Cl2NO2. The van der Waals surface area contributed by atoms with Crippen molar-refractivity contribution in [3.63, 3.8) is 0 Å². The summed E-state index contributed by atoms with van der Waals surface area (Å²) in [6.07, 6.45) is 0.956. The number of amides is 1. The van der Waals surface area contributed by atoms with E-state index in [0.717, 1.165) is 12.1 Å². The summed E-state index contributed by atoms with van der Waals surface area (Å²) in [5.41, 5.74) is 2.31. The van der Waals surface area contributed by atoms with Crippen molar-refractivity contribution in [1.82, 2.24) is 0 Å². The lowest BCUT2D eigenvalue weighted by Crippen LogP contribution is -2.12. The number of aryl methyl sites for hydroxylation is 1. The second-order valence-electron chi connectivity index (χ2n) is 4.48. The monoisotopic (exact) mass is 323 g/mol. The Balaban J connectivity index is 2.20. The molecule has 1 N–H and O–H groups in total. The number of methoxy groups -OCH3 is 1. The lowest BCUT2D eigenvalue weighted by Gasteiger charge is -2.10. The number of carbonyl (C=O) groups is 1. The number of halogens is 2. The fraction of sp³-hybridized carbons (Fsp3) is 0.188. The molecule has 0 heterocycles. The third-order valence-corrected chi connectivity index (χ3v) is 3.65. The van der Waals surface area contributed by atoms with Gasteiger partial charge in [-0.05, 0) is 36.2 Å². The van der Waals surface area contributed by atoms with Crippen LogP contribution in [0.15, 0.2) is 36.4 Å². The van der Waals surface area contributed by atoms with E-state index in [1.807, 2.05) is 24.3 Å². The molecule has 0 aromatic heterocycles. The number of anilines is 1. The largest absolute Gasteiger partial charge is 0.494 e. The number of hydrogen-bond donors (Lipinski definition) is 1. The summed E-state index contributed by atoms with van der Waals surface area (Å²) >= 11 is 12.1. The van der Waals surface area contributed by atoms with E-state index in [1.54, 1.807) is 0 Å². The molecule has 0 aliphatic carbocycles. The van der Waals surface area contributed by atoms with Crippen molar-refractivity contribution in [2.45, 2.75) is 13.3 Å². The van der Waals surface area contributed by atoms with Crippen LogP contribution in [0, 0.1) is 0 Å². The summed E-state index contributed by atoms with van der Waals surface area (Å²) in [4.78, 5) is 12.2. The van der Waals surface area contributed by atoms with Crippen molar-refractivity contribution < 1.29 is 9.53 Å². The Bertz CT molecular complexity index is 631. The maximum Gasteiger partial charge on any atom is 0.255 e. The molecule has 0 saturated heterocycles. The molecular weight excluding hydrogens is 309 g/mol. The molecule has 2 rings (SSSR count). The fourth-order valence-electron chi connectivity index (χ4n) is 1.91. The normalized spacial score (nSPS) is 10.3. The van der Waals surface area contributed by atoms with Gasteiger partial charge in [0.1, 0.15) is 0 Å². The quantitative estimate of drug-likeness (QED) is 0.876. The molecule has 0 atom stereocenters. The summed E-state index contributed by atoms with van der Waals surface area (Å²) < 4.78 is 5.06. The van der Waals surface area contributed by atoms with E-state index >= 15 is 0 Å². The molecule has 0 fully saturated rings. The first-order chi connectivity index (χ1) is 10.0. The van der Waals surface area contributed by atoms with Gasteiger partial charge in [-0.1, -0.05) is 42.3 Å². The molecule has 0 saturated carbocycles. The van der Waals surface area contributed by atoms with E-state index in [2.05, 4.69) is 12.2 Å². The van der Waals surface area contributed by atoms with E-state index in [4.69, 9.17) is 27.9 Å². The maximum atomic E-state index is 12.2. The van der Waals surface area contributed by atoms with Gasteiger partial charge < -0.3 is 10.1 Å². The smallest absolute Gasteiger partial charge is 0.255 e. The highest BCUT2D eigenvalue weighted by atomic mass is 35.5. The second-order valence-corrected chi connectivity index (χ2v) is 5.29. The molecule has 0 spiro atoms. The Labute approximate surface area is 133 Å². The summed E-state index contributed by atoms with van der Waals surface area (Å²) in [7, 11) is 1.47. The minimum atomic E-state index is -0.272. The zero-order valence-electron chi connectivity index (χ0n) is 11.7. The predicted octanol–water partition coefficient (Wildman–Crippen LogP) is 4.82. The van der Waals surface area contributed by atoms with Gasteiger partial charge >= 0.3 is 0 Å². The number of nitrogens with one attached hydrogen (secondary N) is 1. The van der Waals surface area contributed by atoms with Crippen LogP contribution in [0.5, 0.6) is 5.75 Å². The third kappa shape index (κ3) is 3.69. The van der Waals surface area contributed by atoms with E-state index in [-0.39, 0.29) is 5.91 Å². The van der Waals surface area contributed by atoms with E-state index < -0.39 is 0 Å². The van der Waals surface area contributed by atoms with Crippen molar-refractivity contribution in [2.24, 2.45) is 0 Å². The predicted molar refractivity (Wildman–Crippen MR) is 86.8 cm³/mol. The van der Waals surface area contributed by atoms with Gasteiger partial charge in [0, 0.05) is 11.3 Å². The molecule has 21 heavy (non-hydrogen) atoms. The Morgan fingerprint density at radius 1 is 1.14 bits per heavy atom. The molecule has 0 unspecified atom stereocenters. The van der Waals surface area contributed by atoms with E-state index in [0.29, 0.717) is 21.4 Å². The highest BCUT2D eigenvalue weighted by Crippen LogP contribution is 2.34. The van der Waals surface area contributed by atoms with Gasteiger partial charge in [-0.3, -0.25) is 4.79 Å². The maximum absolute atomic E-state index is 12.2. The molecule has 0 radical (unpaired) electrons. The lowest BCUT2D eigenvalue weighted by atomic mass is 10.1. The molecule has 110 valence electrons. The van der Waals surface area contributed by atoms with Crippen molar-refractivity contribution >= 4 is 34.8 Å². The van der Waals surface area contributed by atoms with Gasteiger partial charge in [0.2, 0.25) is 0 Å². The summed E-state index contributed by atoms with van der Waals surface area (Å²) in [5, 5.41) is 3.41. The molecule has 0 aliphatic heterocycles. The molecule has 5 heteroatoms. The van der Waals surface area contributed by atoms with Crippen LogP contribution in [0.25, 0.3) is 0 Å². The number of benzene rings is 2. The lowest BCUT2D eigenvalue weighted by molar-refractivity contribution is 0.102. The third-order valence-electron chi connectivity index (χ3n) is 3.08. The molecule has 2 aromatic rings. The number of carbonyl (C=O) groups excluding carboxylic acids is 1. The summed E-state index contributed by atoms with van der Waals surface area (Å²) in [6, 6.07) is 10.7. The first kappa shape index (κ1) is 15.7. The minimum absolute atomic E-state index is 0.272. The van der Waals surface area contributed by atoms with Crippen molar-refractivity contribution in [1.29, 1.82) is 0 Å². The van der Waals surface area contributed by atoms with Crippen LogP contribution in [0.2, 0.25) is 10.0 Å². The Morgan fingerprint density at radius 2 is 1.71 bits per heavy atom. The molecule has 3 nitrogen and oxygen atoms in total. The molecule has 2 aromatic carbocycles. The van der Waals surface area contributed by atoms with Crippen molar-refractivity contribution in [3.8, 4) is 5.75 Å². The fourth-order valence-corrected chi connectivity index (χ4v) is 2.55. The molecule has 1 amide bonds. The van der Waals surface area contributed by atoms with Crippen LogP contribution in [0.3, 0.4) is 0 Å². The Morgan fingerprint density at radius 3 is 2.19 bits per heavy atom. The van der Waals surface area contributed by atoms with Crippen molar-refractivity contribution in [3.05, 3.63) is 57.6 Å². The van der Waals surface area contributed by atoms with Gasteiger partial charge in [-0.15, -0.1) is 0 Å². The zero-order chi connectivity index (χ0) is 15.4. The first-order valence-electron chi connectivity index (χ1n) is 6.48. The minimum Gasteiger partial charge on any atom is -0.494 e. The molecule has 0 bridgehead atoms. The van der Waals surface area contributed by atoms with Crippen LogP contribution >= 0.6 is 23.2 Å².